The maximum atomic E-state index is 13.6. The lowest BCUT2D eigenvalue weighted by molar-refractivity contribution is -0.0208. The van der Waals surface area contributed by atoms with Gasteiger partial charge in [-0.05, 0) is 24.5 Å². The summed E-state index contributed by atoms with van der Waals surface area (Å²) in [6.07, 6.45) is 0.555. The minimum absolute atomic E-state index is 0.127. The van der Waals surface area contributed by atoms with Gasteiger partial charge in [0.2, 0.25) is 0 Å². The van der Waals surface area contributed by atoms with Gasteiger partial charge in [-0.15, -0.1) is 0 Å². The third kappa shape index (κ3) is 2.06. The second-order valence-corrected chi connectivity index (χ2v) is 6.94. The largest absolute Gasteiger partial charge is 0.261 e. The third-order valence-corrected chi connectivity index (χ3v) is 4.64. The van der Waals surface area contributed by atoms with Gasteiger partial charge in [0.05, 0.1) is 10.3 Å². The Morgan fingerprint density at radius 1 is 1.29 bits per heavy atom. The first-order valence-corrected chi connectivity index (χ1v) is 7.41. The maximum absolute atomic E-state index is 13.6. The minimum Gasteiger partial charge on any atom is -0.207 e. The molecule has 1 aromatic carbocycles. The Balaban J connectivity index is 2.63. The lowest BCUT2D eigenvalue weighted by atomic mass is 9.90. The molecule has 1 aromatic rings. The molecule has 1 saturated carbocycles. The molecule has 0 heterocycles. The minimum atomic E-state index is -4.00. The summed E-state index contributed by atoms with van der Waals surface area (Å²) in [5.41, 5.74) is -1.24. The van der Waals surface area contributed by atoms with E-state index >= 15 is 0 Å². The molecular weight excluding hydrogens is 270 g/mol. The highest BCUT2D eigenvalue weighted by Gasteiger charge is 2.61. The van der Waals surface area contributed by atoms with Crippen molar-refractivity contribution in [1.82, 2.24) is 0 Å². The molecule has 2 nitrogen and oxygen atoms in total. The second-order valence-electron chi connectivity index (χ2n) is 4.40. The third-order valence-electron chi connectivity index (χ3n) is 3.26. The number of rotatable bonds is 3. The van der Waals surface area contributed by atoms with E-state index in [9.17, 15) is 17.2 Å². The number of hydrogen-bond donors (Lipinski definition) is 0. The Bertz CT molecular complexity index is 545. The van der Waals surface area contributed by atoms with Crippen LogP contribution in [0.4, 0.5) is 8.78 Å². The Morgan fingerprint density at radius 2 is 1.82 bits per heavy atom. The van der Waals surface area contributed by atoms with E-state index in [1.807, 2.05) is 0 Å². The molecule has 0 bridgehead atoms. The van der Waals surface area contributed by atoms with Gasteiger partial charge in [-0.1, -0.05) is 18.2 Å². The Kier molecular flexibility index (Phi) is 2.74. The zero-order valence-electron chi connectivity index (χ0n) is 9.08. The summed E-state index contributed by atoms with van der Waals surface area (Å²) in [5.74, 6) is -2.95. The highest BCUT2D eigenvalue weighted by molar-refractivity contribution is 8.13. The summed E-state index contributed by atoms with van der Waals surface area (Å²) in [7, 11) is 1.28. The number of halogens is 3. The standard InChI is InChI=1S/C11H11ClF2O2S/c1-10(13,14)11(6-7-11)8-4-2-3-5-9(8)17(12,15)16/h2-5H,6-7H2,1H3. The predicted molar refractivity (Wildman–Crippen MR) is 61.0 cm³/mol. The molecular formula is C11H11ClF2O2S. The van der Waals surface area contributed by atoms with Crippen molar-refractivity contribution >= 4 is 19.7 Å². The average Bonchev–Trinajstić information content (AvgIpc) is 2.95. The van der Waals surface area contributed by atoms with Crippen molar-refractivity contribution in [2.24, 2.45) is 0 Å². The molecule has 0 amide bonds. The zero-order valence-corrected chi connectivity index (χ0v) is 10.7. The first-order valence-electron chi connectivity index (χ1n) is 5.10. The smallest absolute Gasteiger partial charge is 0.207 e. The lowest BCUT2D eigenvalue weighted by Crippen LogP contribution is -2.31. The molecule has 1 aliphatic carbocycles. The highest BCUT2D eigenvalue weighted by atomic mass is 35.7. The first-order chi connectivity index (χ1) is 7.68. The molecule has 0 N–H and O–H groups in total. The first kappa shape index (κ1) is 12.8. The predicted octanol–water partition coefficient (Wildman–Crippen LogP) is 3.30. The summed E-state index contributed by atoms with van der Waals surface area (Å²) in [6.45, 7) is 0.817. The Hall–Kier alpha value is -0.680. The van der Waals surface area contributed by atoms with E-state index in [1.54, 1.807) is 6.07 Å². The molecule has 0 radical (unpaired) electrons. The van der Waals surface area contributed by atoms with E-state index in [2.05, 4.69) is 0 Å². The topological polar surface area (TPSA) is 34.1 Å². The zero-order chi connectivity index (χ0) is 12.9. The van der Waals surface area contributed by atoms with Gasteiger partial charge in [0.1, 0.15) is 0 Å². The van der Waals surface area contributed by atoms with E-state index in [4.69, 9.17) is 10.7 Å². The summed E-state index contributed by atoms with van der Waals surface area (Å²) in [5, 5.41) is 0. The summed E-state index contributed by atoms with van der Waals surface area (Å²) in [4.78, 5) is -0.208. The van der Waals surface area contributed by atoms with Gasteiger partial charge in [-0.25, -0.2) is 17.2 Å². The number of alkyl halides is 2. The molecule has 0 spiro atoms. The van der Waals surface area contributed by atoms with Crippen LogP contribution in [0.25, 0.3) is 0 Å². The normalized spacial score (nSPS) is 19.1. The van der Waals surface area contributed by atoms with Crippen LogP contribution in [0.2, 0.25) is 0 Å². The SMILES string of the molecule is CC(F)(F)C1(c2ccccc2S(=O)(=O)Cl)CC1. The van der Waals surface area contributed by atoms with Crippen LogP contribution in [0.15, 0.2) is 29.2 Å². The van der Waals surface area contributed by atoms with E-state index in [0.29, 0.717) is 0 Å². The Labute approximate surface area is 103 Å². The maximum Gasteiger partial charge on any atom is 0.261 e. The molecule has 1 aliphatic rings. The monoisotopic (exact) mass is 280 g/mol. The van der Waals surface area contributed by atoms with E-state index in [0.717, 1.165) is 6.92 Å². The van der Waals surface area contributed by atoms with Crippen molar-refractivity contribution in [3.8, 4) is 0 Å². The van der Waals surface area contributed by atoms with Crippen molar-refractivity contribution in [1.29, 1.82) is 0 Å². The summed E-state index contributed by atoms with van der Waals surface area (Å²) in [6, 6.07) is 5.71. The van der Waals surface area contributed by atoms with E-state index in [-0.39, 0.29) is 23.3 Å². The fourth-order valence-corrected chi connectivity index (χ4v) is 3.32. The van der Waals surface area contributed by atoms with Crippen molar-refractivity contribution in [3.05, 3.63) is 29.8 Å². The number of benzene rings is 1. The van der Waals surface area contributed by atoms with Crippen LogP contribution in [0.1, 0.15) is 25.3 Å². The van der Waals surface area contributed by atoms with Crippen LogP contribution in [0.5, 0.6) is 0 Å². The lowest BCUT2D eigenvalue weighted by Gasteiger charge is -2.24. The van der Waals surface area contributed by atoms with Crippen molar-refractivity contribution in [2.45, 2.75) is 36.0 Å². The van der Waals surface area contributed by atoms with Crippen LogP contribution < -0.4 is 0 Å². The van der Waals surface area contributed by atoms with Gasteiger partial charge in [0.25, 0.3) is 15.0 Å². The van der Waals surface area contributed by atoms with Crippen molar-refractivity contribution in [2.75, 3.05) is 0 Å². The van der Waals surface area contributed by atoms with E-state index < -0.39 is 20.4 Å². The molecule has 6 heteroatoms. The molecule has 0 saturated heterocycles. The van der Waals surface area contributed by atoms with Crippen LogP contribution in [0.3, 0.4) is 0 Å². The quantitative estimate of drug-likeness (QED) is 0.796. The number of hydrogen-bond acceptors (Lipinski definition) is 2. The van der Waals surface area contributed by atoms with Crippen LogP contribution in [-0.4, -0.2) is 14.3 Å². The second kappa shape index (κ2) is 3.65. The van der Waals surface area contributed by atoms with Crippen LogP contribution >= 0.6 is 10.7 Å². The van der Waals surface area contributed by atoms with Gasteiger partial charge in [0.15, 0.2) is 0 Å². The Morgan fingerprint density at radius 3 is 2.24 bits per heavy atom. The molecule has 17 heavy (non-hydrogen) atoms. The van der Waals surface area contributed by atoms with Crippen molar-refractivity contribution in [3.63, 3.8) is 0 Å². The molecule has 0 aromatic heterocycles. The highest BCUT2D eigenvalue weighted by Crippen LogP contribution is 2.59. The van der Waals surface area contributed by atoms with Gasteiger partial charge in [-0.2, -0.15) is 0 Å². The fourth-order valence-electron chi connectivity index (χ4n) is 2.14. The van der Waals surface area contributed by atoms with E-state index in [1.165, 1.54) is 18.2 Å². The molecule has 0 atom stereocenters. The molecule has 2 rings (SSSR count). The molecule has 94 valence electrons. The molecule has 0 aliphatic heterocycles. The molecule has 1 fully saturated rings. The summed E-state index contributed by atoms with van der Waals surface area (Å²) >= 11 is 0. The van der Waals surface area contributed by atoms with Gasteiger partial charge >= 0.3 is 0 Å². The van der Waals surface area contributed by atoms with Crippen LogP contribution in [0, 0.1) is 0 Å². The fraction of sp³-hybridized carbons (Fsp3) is 0.455. The molecule has 0 unspecified atom stereocenters. The summed E-state index contributed by atoms with van der Waals surface area (Å²) < 4.78 is 49.9. The van der Waals surface area contributed by atoms with Crippen LogP contribution in [-0.2, 0) is 14.5 Å². The van der Waals surface area contributed by atoms with Gasteiger partial charge in [0, 0.05) is 17.6 Å². The van der Waals surface area contributed by atoms with Gasteiger partial charge in [-0.3, -0.25) is 0 Å². The van der Waals surface area contributed by atoms with Gasteiger partial charge < -0.3 is 0 Å². The average molecular weight is 281 g/mol. The van der Waals surface area contributed by atoms with Crippen molar-refractivity contribution < 1.29 is 17.2 Å².